The third-order valence-electron chi connectivity index (χ3n) is 3.92. The van der Waals surface area contributed by atoms with Crippen LogP contribution in [0.3, 0.4) is 0 Å². The molecule has 1 aliphatic heterocycles. The lowest BCUT2D eigenvalue weighted by atomic mass is 10.2. The minimum Gasteiger partial charge on any atom is -0.464 e. The molecule has 1 saturated heterocycles. The molecule has 1 aromatic rings. The van der Waals surface area contributed by atoms with Crippen molar-refractivity contribution in [2.75, 3.05) is 32.8 Å². The van der Waals surface area contributed by atoms with E-state index in [9.17, 15) is 14.4 Å². The molecular formula is C18H25N3O5. The maximum absolute atomic E-state index is 12.2. The molecule has 1 atom stereocenters. The van der Waals surface area contributed by atoms with Crippen molar-refractivity contribution in [2.45, 2.75) is 26.0 Å². The van der Waals surface area contributed by atoms with Crippen molar-refractivity contribution in [1.29, 1.82) is 0 Å². The van der Waals surface area contributed by atoms with Gasteiger partial charge < -0.3 is 25.0 Å². The maximum Gasteiger partial charge on any atom is 0.407 e. The zero-order chi connectivity index (χ0) is 18.8. The Balaban J connectivity index is 1.63. The van der Waals surface area contributed by atoms with E-state index in [-0.39, 0.29) is 44.1 Å². The molecule has 1 fully saturated rings. The fraction of sp³-hybridized carbons (Fsp3) is 0.500. The van der Waals surface area contributed by atoms with Gasteiger partial charge in [-0.15, -0.1) is 0 Å². The number of piperazine rings is 1. The SMILES string of the molecule is CC(=O)OCC1CN(C(=O)CCNC(=O)OCc2ccccc2)CCN1. The molecule has 0 radical (unpaired) electrons. The normalized spacial score (nSPS) is 16.7. The van der Waals surface area contributed by atoms with Gasteiger partial charge in [0.2, 0.25) is 5.91 Å². The molecule has 0 aliphatic carbocycles. The lowest BCUT2D eigenvalue weighted by Gasteiger charge is -2.33. The predicted octanol–water partition coefficient (Wildman–Crippen LogP) is 0.666. The first-order chi connectivity index (χ1) is 12.5. The summed E-state index contributed by atoms with van der Waals surface area (Å²) in [5, 5.41) is 5.79. The second-order valence-corrected chi connectivity index (χ2v) is 6.03. The Labute approximate surface area is 152 Å². The van der Waals surface area contributed by atoms with Crippen molar-refractivity contribution in [1.82, 2.24) is 15.5 Å². The molecule has 0 bridgehead atoms. The molecule has 1 aromatic carbocycles. The van der Waals surface area contributed by atoms with Crippen LogP contribution in [0.2, 0.25) is 0 Å². The number of hydrogen-bond donors (Lipinski definition) is 2. The number of carbonyl (C=O) groups excluding carboxylic acids is 3. The van der Waals surface area contributed by atoms with E-state index >= 15 is 0 Å². The summed E-state index contributed by atoms with van der Waals surface area (Å²) < 4.78 is 10.1. The molecule has 8 nitrogen and oxygen atoms in total. The maximum atomic E-state index is 12.2. The molecular weight excluding hydrogens is 338 g/mol. The molecule has 8 heteroatoms. The van der Waals surface area contributed by atoms with E-state index in [4.69, 9.17) is 9.47 Å². The van der Waals surface area contributed by atoms with Crippen LogP contribution in [0.5, 0.6) is 0 Å². The average molecular weight is 363 g/mol. The Bertz CT molecular complexity index is 608. The van der Waals surface area contributed by atoms with Crippen LogP contribution in [0, 0.1) is 0 Å². The fourth-order valence-corrected chi connectivity index (χ4v) is 2.59. The van der Waals surface area contributed by atoms with Gasteiger partial charge in [-0.3, -0.25) is 9.59 Å². The van der Waals surface area contributed by atoms with E-state index in [0.717, 1.165) is 5.56 Å². The number of ether oxygens (including phenoxy) is 2. The van der Waals surface area contributed by atoms with Crippen LogP contribution in [-0.4, -0.2) is 61.7 Å². The van der Waals surface area contributed by atoms with Gasteiger partial charge >= 0.3 is 12.1 Å². The summed E-state index contributed by atoms with van der Waals surface area (Å²) >= 11 is 0. The smallest absolute Gasteiger partial charge is 0.407 e. The summed E-state index contributed by atoms with van der Waals surface area (Å²) in [4.78, 5) is 36.5. The van der Waals surface area contributed by atoms with E-state index in [1.54, 1.807) is 4.90 Å². The number of nitrogens with zero attached hydrogens (tertiary/aromatic N) is 1. The van der Waals surface area contributed by atoms with E-state index < -0.39 is 6.09 Å². The van der Waals surface area contributed by atoms with Gasteiger partial charge in [0, 0.05) is 39.5 Å². The average Bonchev–Trinajstić information content (AvgIpc) is 2.65. The zero-order valence-corrected chi connectivity index (χ0v) is 14.9. The largest absolute Gasteiger partial charge is 0.464 e. The molecule has 2 rings (SSSR count). The van der Waals surface area contributed by atoms with Crippen molar-refractivity contribution >= 4 is 18.0 Å². The van der Waals surface area contributed by atoms with Crippen LogP contribution in [0.15, 0.2) is 30.3 Å². The van der Waals surface area contributed by atoms with Gasteiger partial charge in [-0.2, -0.15) is 0 Å². The second kappa shape index (κ2) is 10.4. The van der Waals surface area contributed by atoms with Gasteiger partial charge in [0.1, 0.15) is 13.2 Å². The number of amides is 2. The monoisotopic (exact) mass is 363 g/mol. The first kappa shape index (κ1) is 19.7. The number of esters is 1. The Kier molecular flexibility index (Phi) is 7.88. The minimum atomic E-state index is -0.547. The lowest BCUT2D eigenvalue weighted by Crippen LogP contribution is -2.54. The topological polar surface area (TPSA) is 97.0 Å². The van der Waals surface area contributed by atoms with E-state index in [1.807, 2.05) is 30.3 Å². The molecule has 2 amide bonds. The zero-order valence-electron chi connectivity index (χ0n) is 14.9. The first-order valence-corrected chi connectivity index (χ1v) is 8.63. The lowest BCUT2D eigenvalue weighted by molar-refractivity contribution is -0.142. The summed E-state index contributed by atoms with van der Waals surface area (Å²) in [6, 6.07) is 9.30. The van der Waals surface area contributed by atoms with Crippen LogP contribution in [0.1, 0.15) is 18.9 Å². The Morgan fingerprint density at radius 1 is 1.23 bits per heavy atom. The van der Waals surface area contributed by atoms with Crippen LogP contribution in [0.25, 0.3) is 0 Å². The number of rotatable bonds is 7. The molecule has 2 N–H and O–H groups in total. The number of carbonyl (C=O) groups is 3. The van der Waals surface area contributed by atoms with Crippen molar-refractivity contribution < 1.29 is 23.9 Å². The quantitative estimate of drug-likeness (QED) is 0.691. The van der Waals surface area contributed by atoms with Crippen LogP contribution < -0.4 is 10.6 Å². The molecule has 26 heavy (non-hydrogen) atoms. The number of alkyl carbamates (subject to hydrolysis) is 1. The highest BCUT2D eigenvalue weighted by molar-refractivity contribution is 5.77. The van der Waals surface area contributed by atoms with Crippen molar-refractivity contribution in [3.63, 3.8) is 0 Å². The minimum absolute atomic E-state index is 0.0531. The molecule has 1 heterocycles. The summed E-state index contributed by atoms with van der Waals surface area (Å²) in [6.45, 7) is 3.71. The van der Waals surface area contributed by atoms with E-state index in [0.29, 0.717) is 19.6 Å². The van der Waals surface area contributed by atoms with Crippen LogP contribution >= 0.6 is 0 Å². The van der Waals surface area contributed by atoms with Gasteiger partial charge in [-0.1, -0.05) is 30.3 Å². The number of hydrogen-bond acceptors (Lipinski definition) is 6. The first-order valence-electron chi connectivity index (χ1n) is 8.63. The van der Waals surface area contributed by atoms with Crippen molar-refractivity contribution in [3.8, 4) is 0 Å². The summed E-state index contributed by atoms with van der Waals surface area (Å²) in [5.74, 6) is -0.392. The Morgan fingerprint density at radius 3 is 2.73 bits per heavy atom. The third-order valence-corrected chi connectivity index (χ3v) is 3.92. The van der Waals surface area contributed by atoms with Gasteiger partial charge in [-0.25, -0.2) is 4.79 Å². The standard InChI is InChI=1S/C18H25N3O5/c1-14(22)25-13-16-11-21(10-9-19-16)17(23)7-8-20-18(24)26-12-15-5-3-2-4-6-15/h2-6,16,19H,7-13H2,1H3,(H,20,24). The molecule has 0 spiro atoms. The molecule has 1 aliphatic rings. The fourth-order valence-electron chi connectivity index (χ4n) is 2.59. The number of benzene rings is 1. The summed E-state index contributed by atoms with van der Waals surface area (Å²) in [5.41, 5.74) is 0.901. The Morgan fingerprint density at radius 2 is 2.00 bits per heavy atom. The summed E-state index contributed by atoms with van der Waals surface area (Å²) in [6.07, 6.45) is -0.351. The van der Waals surface area contributed by atoms with Gasteiger partial charge in [0.15, 0.2) is 0 Å². The number of nitrogens with one attached hydrogen (secondary N) is 2. The van der Waals surface area contributed by atoms with Crippen molar-refractivity contribution in [3.05, 3.63) is 35.9 Å². The van der Waals surface area contributed by atoms with Crippen LogP contribution in [-0.2, 0) is 25.7 Å². The molecule has 142 valence electrons. The molecule has 0 aromatic heterocycles. The van der Waals surface area contributed by atoms with Crippen LogP contribution in [0.4, 0.5) is 4.79 Å². The van der Waals surface area contributed by atoms with E-state index in [1.165, 1.54) is 6.92 Å². The van der Waals surface area contributed by atoms with Crippen molar-refractivity contribution in [2.24, 2.45) is 0 Å². The Hall–Kier alpha value is -2.61. The highest BCUT2D eigenvalue weighted by Gasteiger charge is 2.23. The summed E-state index contributed by atoms with van der Waals surface area (Å²) in [7, 11) is 0. The van der Waals surface area contributed by atoms with E-state index in [2.05, 4.69) is 10.6 Å². The highest BCUT2D eigenvalue weighted by Crippen LogP contribution is 2.03. The van der Waals surface area contributed by atoms with Gasteiger partial charge in [0.25, 0.3) is 0 Å². The third kappa shape index (κ3) is 7.10. The molecule has 1 unspecified atom stereocenters. The molecule has 0 saturated carbocycles. The predicted molar refractivity (Wildman–Crippen MR) is 94.3 cm³/mol. The van der Waals surface area contributed by atoms with Gasteiger partial charge in [-0.05, 0) is 5.56 Å². The highest BCUT2D eigenvalue weighted by atomic mass is 16.5. The van der Waals surface area contributed by atoms with Gasteiger partial charge in [0.05, 0.1) is 6.04 Å². The second-order valence-electron chi connectivity index (χ2n) is 6.03.